The molecule has 7 heteroatoms. The lowest BCUT2D eigenvalue weighted by Gasteiger charge is -2.35. The number of aryl methyl sites for hydroxylation is 1. The molecular weight excluding hydrogens is 280 g/mol. The Morgan fingerprint density at radius 2 is 2.36 bits per heavy atom. The Bertz CT molecular complexity index is 592. The number of hydrogen-bond donors (Lipinski definition) is 1. The fourth-order valence-corrected chi connectivity index (χ4v) is 2.92. The summed E-state index contributed by atoms with van der Waals surface area (Å²) in [7, 11) is 3.76. The zero-order valence-electron chi connectivity index (χ0n) is 13.3. The van der Waals surface area contributed by atoms with E-state index in [1.807, 2.05) is 23.3 Å². The molecule has 120 valence electrons. The van der Waals surface area contributed by atoms with E-state index in [1.54, 1.807) is 7.11 Å². The molecule has 1 atom stereocenters. The number of imidazole rings is 1. The molecule has 1 fully saturated rings. The van der Waals surface area contributed by atoms with Gasteiger partial charge in [-0.1, -0.05) is 0 Å². The summed E-state index contributed by atoms with van der Waals surface area (Å²) in [6.45, 7) is 5.33. The highest BCUT2D eigenvalue weighted by atomic mass is 16.5. The van der Waals surface area contributed by atoms with E-state index < -0.39 is 0 Å². The van der Waals surface area contributed by atoms with E-state index in [-0.39, 0.29) is 0 Å². The molecule has 1 aliphatic heterocycles. The smallest absolute Gasteiger partial charge is 0.127 e. The highest BCUT2D eigenvalue weighted by Crippen LogP contribution is 2.22. The quantitative estimate of drug-likeness (QED) is 0.837. The van der Waals surface area contributed by atoms with Gasteiger partial charge in [0.2, 0.25) is 0 Å². The maximum Gasteiger partial charge on any atom is 0.127 e. The van der Waals surface area contributed by atoms with Crippen molar-refractivity contribution in [3.05, 3.63) is 36.2 Å². The molecule has 2 aromatic heterocycles. The number of nitrogens with zero attached hydrogens (tertiary/aromatic N) is 5. The molecule has 2 aromatic rings. The number of ether oxygens (including phenoxy) is 1. The number of nitrogens with one attached hydrogen (secondary N) is 1. The minimum atomic E-state index is 0.302. The van der Waals surface area contributed by atoms with Crippen LogP contribution in [0.4, 0.5) is 0 Å². The fraction of sp³-hybridized carbons (Fsp3) is 0.600. The van der Waals surface area contributed by atoms with Gasteiger partial charge in [-0.25, -0.2) is 4.98 Å². The number of methoxy groups -OCH3 is 1. The molecule has 3 heterocycles. The van der Waals surface area contributed by atoms with Crippen LogP contribution in [-0.4, -0.2) is 57.6 Å². The second kappa shape index (κ2) is 7.04. The molecule has 0 spiro atoms. The van der Waals surface area contributed by atoms with Crippen molar-refractivity contribution >= 4 is 0 Å². The zero-order valence-corrected chi connectivity index (χ0v) is 13.3. The summed E-state index contributed by atoms with van der Waals surface area (Å²) in [4.78, 5) is 6.99. The van der Waals surface area contributed by atoms with Crippen molar-refractivity contribution < 1.29 is 4.74 Å². The van der Waals surface area contributed by atoms with Gasteiger partial charge in [0.25, 0.3) is 0 Å². The number of aromatic nitrogens is 4. The van der Waals surface area contributed by atoms with Crippen LogP contribution in [0.3, 0.4) is 0 Å². The van der Waals surface area contributed by atoms with Crippen LogP contribution in [0.1, 0.15) is 17.4 Å². The van der Waals surface area contributed by atoms with E-state index in [4.69, 9.17) is 4.74 Å². The Labute approximate surface area is 130 Å². The first-order valence-electron chi connectivity index (χ1n) is 7.70. The van der Waals surface area contributed by atoms with Crippen molar-refractivity contribution in [1.29, 1.82) is 0 Å². The summed E-state index contributed by atoms with van der Waals surface area (Å²) in [5, 5.41) is 7.86. The van der Waals surface area contributed by atoms with E-state index in [1.165, 1.54) is 5.56 Å². The van der Waals surface area contributed by atoms with Crippen LogP contribution in [0.25, 0.3) is 0 Å². The normalized spacial score (nSPS) is 19.6. The summed E-state index contributed by atoms with van der Waals surface area (Å²) in [5.41, 5.74) is 1.23. The maximum absolute atomic E-state index is 5.09. The maximum atomic E-state index is 5.09. The summed E-state index contributed by atoms with van der Waals surface area (Å²) >= 11 is 0. The van der Waals surface area contributed by atoms with Gasteiger partial charge in [0, 0.05) is 64.5 Å². The Hall–Kier alpha value is -1.70. The third-order valence-electron chi connectivity index (χ3n) is 4.11. The molecule has 3 rings (SSSR count). The van der Waals surface area contributed by atoms with Gasteiger partial charge in [0.1, 0.15) is 5.82 Å². The molecule has 0 saturated carbocycles. The largest absolute Gasteiger partial charge is 0.383 e. The van der Waals surface area contributed by atoms with Crippen molar-refractivity contribution in [2.75, 3.05) is 33.4 Å². The third-order valence-corrected chi connectivity index (χ3v) is 4.11. The van der Waals surface area contributed by atoms with Crippen LogP contribution >= 0.6 is 0 Å². The average Bonchev–Trinajstić information content (AvgIpc) is 3.15. The van der Waals surface area contributed by atoms with E-state index in [9.17, 15) is 0 Å². The lowest BCUT2D eigenvalue weighted by atomic mass is 10.1. The molecule has 1 N–H and O–H groups in total. The van der Waals surface area contributed by atoms with Crippen molar-refractivity contribution in [1.82, 2.24) is 29.5 Å². The van der Waals surface area contributed by atoms with Crippen molar-refractivity contribution in [2.45, 2.75) is 19.1 Å². The number of hydrogen-bond acceptors (Lipinski definition) is 5. The predicted molar refractivity (Wildman–Crippen MR) is 83.3 cm³/mol. The molecule has 1 saturated heterocycles. The molecule has 0 amide bonds. The van der Waals surface area contributed by atoms with Gasteiger partial charge in [0.15, 0.2) is 0 Å². The molecule has 7 nitrogen and oxygen atoms in total. The first kappa shape index (κ1) is 15.2. The van der Waals surface area contributed by atoms with Gasteiger partial charge in [-0.3, -0.25) is 9.58 Å². The van der Waals surface area contributed by atoms with E-state index in [0.717, 1.165) is 38.5 Å². The Balaban J connectivity index is 1.69. The lowest BCUT2D eigenvalue weighted by Crippen LogP contribution is -2.46. The van der Waals surface area contributed by atoms with E-state index >= 15 is 0 Å². The summed E-state index contributed by atoms with van der Waals surface area (Å²) in [5.74, 6) is 1.11. The van der Waals surface area contributed by atoms with Gasteiger partial charge in [-0.2, -0.15) is 5.10 Å². The predicted octanol–water partition coefficient (Wildman–Crippen LogP) is 0.410. The van der Waals surface area contributed by atoms with E-state index in [2.05, 4.69) is 38.1 Å². The van der Waals surface area contributed by atoms with Gasteiger partial charge < -0.3 is 14.6 Å². The van der Waals surface area contributed by atoms with Gasteiger partial charge in [-0.05, 0) is 0 Å². The van der Waals surface area contributed by atoms with Crippen LogP contribution in [0.15, 0.2) is 24.8 Å². The Morgan fingerprint density at radius 3 is 3.14 bits per heavy atom. The number of rotatable bonds is 6. The first-order valence-corrected chi connectivity index (χ1v) is 7.70. The molecule has 0 aliphatic carbocycles. The van der Waals surface area contributed by atoms with Crippen molar-refractivity contribution in [2.24, 2.45) is 7.05 Å². The average molecular weight is 304 g/mol. The molecule has 1 aliphatic rings. The standard InChI is InChI=1S/C15H24N6O/c1-19-5-4-17-15(19)14-10-16-3-6-20(14)11-13-9-18-21(12-13)7-8-22-2/h4-5,9,12,14,16H,3,6-8,10-11H2,1-2H3. The lowest BCUT2D eigenvalue weighted by molar-refractivity contribution is 0.144. The minimum Gasteiger partial charge on any atom is -0.383 e. The van der Waals surface area contributed by atoms with Gasteiger partial charge in [-0.15, -0.1) is 0 Å². The summed E-state index contributed by atoms with van der Waals surface area (Å²) in [6.07, 6.45) is 7.93. The van der Waals surface area contributed by atoms with Crippen LogP contribution in [0.2, 0.25) is 0 Å². The molecule has 0 bridgehead atoms. The van der Waals surface area contributed by atoms with Crippen molar-refractivity contribution in [3.8, 4) is 0 Å². The Kier molecular flexibility index (Phi) is 4.87. The van der Waals surface area contributed by atoms with Gasteiger partial charge >= 0.3 is 0 Å². The second-order valence-corrected chi connectivity index (χ2v) is 5.69. The molecule has 1 unspecified atom stereocenters. The first-order chi connectivity index (χ1) is 10.8. The zero-order chi connectivity index (χ0) is 15.4. The Morgan fingerprint density at radius 1 is 1.45 bits per heavy atom. The summed E-state index contributed by atoms with van der Waals surface area (Å²) in [6, 6.07) is 0.302. The highest BCUT2D eigenvalue weighted by Gasteiger charge is 2.26. The van der Waals surface area contributed by atoms with Gasteiger partial charge in [0.05, 0.1) is 25.4 Å². The minimum absolute atomic E-state index is 0.302. The number of piperazine rings is 1. The van der Waals surface area contributed by atoms with Crippen LogP contribution in [-0.2, 0) is 24.9 Å². The molecule has 0 radical (unpaired) electrons. The van der Waals surface area contributed by atoms with E-state index in [0.29, 0.717) is 12.6 Å². The van der Waals surface area contributed by atoms with Crippen LogP contribution in [0.5, 0.6) is 0 Å². The third kappa shape index (κ3) is 3.37. The highest BCUT2D eigenvalue weighted by molar-refractivity contribution is 5.08. The molecule has 0 aromatic carbocycles. The van der Waals surface area contributed by atoms with Crippen LogP contribution in [0, 0.1) is 0 Å². The fourth-order valence-electron chi connectivity index (χ4n) is 2.92. The SMILES string of the molecule is COCCn1cc(CN2CCNCC2c2nccn2C)cn1. The van der Waals surface area contributed by atoms with Crippen molar-refractivity contribution in [3.63, 3.8) is 0 Å². The molecule has 22 heavy (non-hydrogen) atoms. The second-order valence-electron chi connectivity index (χ2n) is 5.69. The van der Waals surface area contributed by atoms with Crippen LogP contribution < -0.4 is 5.32 Å². The molecular formula is C15H24N6O. The monoisotopic (exact) mass is 304 g/mol. The topological polar surface area (TPSA) is 60.1 Å². The summed E-state index contributed by atoms with van der Waals surface area (Å²) < 4.78 is 9.14.